The lowest BCUT2D eigenvalue weighted by atomic mass is 10.0. The van der Waals surface area contributed by atoms with Crippen LogP contribution in [-0.4, -0.2) is 42.2 Å². The van der Waals surface area contributed by atoms with Crippen LogP contribution >= 0.6 is 0 Å². The van der Waals surface area contributed by atoms with Gasteiger partial charge in [0.15, 0.2) is 0 Å². The maximum atomic E-state index is 10.9. The molecule has 0 saturated heterocycles. The highest BCUT2D eigenvalue weighted by Gasteiger charge is 2.20. The van der Waals surface area contributed by atoms with Crippen molar-refractivity contribution in [1.29, 1.82) is 0 Å². The molecule has 5 heteroatoms. The van der Waals surface area contributed by atoms with Crippen LogP contribution in [0, 0.1) is 6.92 Å². The molecule has 2 N–H and O–H groups in total. The maximum absolute atomic E-state index is 10.9. The van der Waals surface area contributed by atoms with E-state index in [1.165, 1.54) is 0 Å². The first-order valence-electron chi connectivity index (χ1n) is 5.95. The lowest BCUT2D eigenvalue weighted by Crippen LogP contribution is -2.46. The Kier molecular flexibility index (Phi) is 4.53. The van der Waals surface area contributed by atoms with Gasteiger partial charge < -0.3 is 19.7 Å². The summed E-state index contributed by atoms with van der Waals surface area (Å²) in [6, 6.07) is 1.58. The minimum absolute atomic E-state index is 0.0390. The van der Waals surface area contributed by atoms with Crippen molar-refractivity contribution >= 4 is 5.97 Å². The number of furan rings is 1. The highest BCUT2D eigenvalue weighted by atomic mass is 16.4. The van der Waals surface area contributed by atoms with Crippen LogP contribution in [0.25, 0.3) is 0 Å². The fraction of sp³-hybridized carbons (Fsp3) is 0.615. The first kappa shape index (κ1) is 14.7. The first-order valence-corrected chi connectivity index (χ1v) is 5.95. The molecule has 0 bridgehead atoms. The van der Waals surface area contributed by atoms with Crippen molar-refractivity contribution < 1.29 is 14.3 Å². The second kappa shape index (κ2) is 5.54. The monoisotopic (exact) mass is 254 g/mol. The normalized spacial score (nSPS) is 12.1. The topological polar surface area (TPSA) is 65.7 Å². The third kappa shape index (κ3) is 3.58. The summed E-state index contributed by atoms with van der Waals surface area (Å²) in [6.07, 6.45) is 0. The predicted octanol–water partition coefficient (Wildman–Crippen LogP) is 1.72. The largest absolute Gasteiger partial charge is 0.478 e. The van der Waals surface area contributed by atoms with Gasteiger partial charge in [-0.3, -0.25) is 0 Å². The van der Waals surface area contributed by atoms with Crippen LogP contribution in [0.15, 0.2) is 10.5 Å². The molecular weight excluding hydrogens is 232 g/mol. The molecule has 18 heavy (non-hydrogen) atoms. The van der Waals surface area contributed by atoms with Crippen LogP contribution in [-0.2, 0) is 6.54 Å². The Hall–Kier alpha value is -1.33. The van der Waals surface area contributed by atoms with Crippen molar-refractivity contribution in [3.05, 3.63) is 23.2 Å². The smallest absolute Gasteiger partial charge is 0.339 e. The Labute approximate surface area is 108 Å². The average Bonchev–Trinajstić information content (AvgIpc) is 2.59. The molecule has 0 aliphatic heterocycles. The Morgan fingerprint density at radius 2 is 2.11 bits per heavy atom. The van der Waals surface area contributed by atoms with Gasteiger partial charge in [-0.1, -0.05) is 0 Å². The van der Waals surface area contributed by atoms with Gasteiger partial charge in [-0.25, -0.2) is 4.79 Å². The zero-order chi connectivity index (χ0) is 13.9. The van der Waals surface area contributed by atoms with Gasteiger partial charge in [-0.2, -0.15) is 0 Å². The summed E-state index contributed by atoms with van der Waals surface area (Å²) in [5, 5.41) is 12.2. The van der Waals surface area contributed by atoms with Crippen LogP contribution in [0.2, 0.25) is 0 Å². The standard InChI is InChI=1S/C13H22N2O3/c1-9-11(12(16)17)6-10(18-9)7-14-8-13(2,3)15(4)5/h6,14H,7-8H2,1-5H3,(H,16,17). The van der Waals surface area contributed by atoms with E-state index in [1.54, 1.807) is 13.0 Å². The van der Waals surface area contributed by atoms with Gasteiger partial charge in [0, 0.05) is 12.1 Å². The number of rotatable bonds is 6. The van der Waals surface area contributed by atoms with Gasteiger partial charge in [-0.05, 0) is 40.9 Å². The third-order valence-electron chi connectivity index (χ3n) is 3.27. The number of hydrogen-bond donors (Lipinski definition) is 2. The van der Waals surface area contributed by atoms with E-state index in [1.807, 2.05) is 14.1 Å². The number of nitrogens with zero attached hydrogens (tertiary/aromatic N) is 1. The summed E-state index contributed by atoms with van der Waals surface area (Å²) in [5.74, 6) is 0.154. The average molecular weight is 254 g/mol. The zero-order valence-electron chi connectivity index (χ0n) is 11.7. The molecule has 0 fully saturated rings. The number of carboxylic acid groups (broad SMARTS) is 1. The molecule has 102 valence electrons. The van der Waals surface area contributed by atoms with Crippen LogP contribution < -0.4 is 5.32 Å². The van der Waals surface area contributed by atoms with E-state index in [9.17, 15) is 4.79 Å². The summed E-state index contributed by atoms with van der Waals surface area (Å²) in [5.41, 5.74) is 0.274. The number of hydrogen-bond acceptors (Lipinski definition) is 4. The number of aryl methyl sites for hydroxylation is 1. The molecule has 0 radical (unpaired) electrons. The number of nitrogens with one attached hydrogen (secondary N) is 1. The van der Waals surface area contributed by atoms with E-state index in [0.29, 0.717) is 18.1 Å². The van der Waals surface area contributed by atoms with E-state index >= 15 is 0 Å². The highest BCUT2D eigenvalue weighted by Crippen LogP contribution is 2.15. The van der Waals surface area contributed by atoms with Gasteiger partial charge in [0.25, 0.3) is 0 Å². The molecule has 0 atom stereocenters. The number of carbonyl (C=O) groups is 1. The lowest BCUT2D eigenvalue weighted by molar-refractivity contribution is 0.0695. The van der Waals surface area contributed by atoms with E-state index < -0.39 is 5.97 Å². The molecule has 0 aromatic carbocycles. The summed E-state index contributed by atoms with van der Waals surface area (Å²) >= 11 is 0. The summed E-state index contributed by atoms with van der Waals surface area (Å²) < 4.78 is 5.39. The maximum Gasteiger partial charge on any atom is 0.339 e. The minimum Gasteiger partial charge on any atom is -0.478 e. The van der Waals surface area contributed by atoms with Crippen molar-refractivity contribution in [3.8, 4) is 0 Å². The van der Waals surface area contributed by atoms with Gasteiger partial charge in [0.2, 0.25) is 0 Å². The summed E-state index contributed by atoms with van der Waals surface area (Å²) in [4.78, 5) is 13.0. The number of carboxylic acids is 1. The van der Waals surface area contributed by atoms with Crippen LogP contribution in [0.5, 0.6) is 0 Å². The Balaban J connectivity index is 2.55. The fourth-order valence-corrected chi connectivity index (χ4v) is 1.49. The van der Waals surface area contributed by atoms with Crippen molar-refractivity contribution in [2.45, 2.75) is 32.9 Å². The molecule has 1 rings (SSSR count). The van der Waals surface area contributed by atoms with Crippen molar-refractivity contribution in [2.24, 2.45) is 0 Å². The van der Waals surface area contributed by atoms with Gasteiger partial charge in [0.1, 0.15) is 17.1 Å². The zero-order valence-corrected chi connectivity index (χ0v) is 11.7. The Bertz CT molecular complexity index is 422. The van der Waals surface area contributed by atoms with Gasteiger partial charge in [0.05, 0.1) is 6.54 Å². The molecule has 1 heterocycles. The Morgan fingerprint density at radius 1 is 1.50 bits per heavy atom. The second-order valence-electron chi connectivity index (χ2n) is 5.30. The molecule has 5 nitrogen and oxygen atoms in total. The Morgan fingerprint density at radius 3 is 2.56 bits per heavy atom. The predicted molar refractivity (Wildman–Crippen MR) is 69.9 cm³/mol. The molecule has 0 unspecified atom stereocenters. The third-order valence-corrected chi connectivity index (χ3v) is 3.27. The molecule has 0 aliphatic rings. The van der Waals surface area contributed by atoms with Crippen molar-refractivity contribution in [2.75, 3.05) is 20.6 Å². The molecule has 1 aromatic heterocycles. The van der Waals surface area contributed by atoms with Gasteiger partial charge >= 0.3 is 5.97 Å². The fourth-order valence-electron chi connectivity index (χ4n) is 1.49. The summed E-state index contributed by atoms with van der Waals surface area (Å²) in [6.45, 7) is 7.26. The van der Waals surface area contributed by atoms with Crippen LogP contribution in [0.3, 0.4) is 0 Å². The van der Waals surface area contributed by atoms with E-state index in [2.05, 4.69) is 24.1 Å². The van der Waals surface area contributed by atoms with E-state index in [0.717, 1.165) is 6.54 Å². The SMILES string of the molecule is Cc1oc(CNCC(C)(C)N(C)C)cc1C(=O)O. The van der Waals surface area contributed by atoms with E-state index in [-0.39, 0.29) is 11.1 Å². The number of likely N-dealkylation sites (N-methyl/N-ethyl adjacent to an activating group) is 1. The molecular formula is C13H22N2O3. The van der Waals surface area contributed by atoms with Crippen molar-refractivity contribution in [1.82, 2.24) is 10.2 Å². The number of aromatic carboxylic acids is 1. The van der Waals surface area contributed by atoms with Gasteiger partial charge in [-0.15, -0.1) is 0 Å². The highest BCUT2D eigenvalue weighted by molar-refractivity contribution is 5.88. The molecule has 0 spiro atoms. The molecule has 0 saturated carbocycles. The quantitative estimate of drug-likeness (QED) is 0.809. The minimum atomic E-state index is -0.948. The molecule has 1 aromatic rings. The second-order valence-corrected chi connectivity index (χ2v) is 5.30. The molecule has 0 amide bonds. The first-order chi connectivity index (χ1) is 8.24. The van der Waals surface area contributed by atoms with E-state index in [4.69, 9.17) is 9.52 Å². The summed E-state index contributed by atoms with van der Waals surface area (Å²) in [7, 11) is 4.06. The van der Waals surface area contributed by atoms with Crippen LogP contribution in [0.4, 0.5) is 0 Å². The van der Waals surface area contributed by atoms with Crippen molar-refractivity contribution in [3.63, 3.8) is 0 Å². The lowest BCUT2D eigenvalue weighted by Gasteiger charge is -2.32. The van der Waals surface area contributed by atoms with Crippen LogP contribution in [0.1, 0.15) is 35.7 Å². The molecule has 0 aliphatic carbocycles.